The molecule has 0 saturated heterocycles. The Labute approximate surface area is 135 Å². The molecule has 4 nitrogen and oxygen atoms in total. The normalized spacial score (nSPS) is 16.0. The Bertz CT molecular complexity index is 581. The van der Waals surface area contributed by atoms with Crippen LogP contribution in [-0.2, 0) is 9.53 Å². The van der Waals surface area contributed by atoms with Crippen molar-refractivity contribution in [2.24, 2.45) is 4.99 Å². The number of unbranched alkanes of at least 4 members (excludes halogenated alkanes) is 2. The number of aliphatic imine (C=N–C) groups is 1. The lowest BCUT2D eigenvalue weighted by Gasteiger charge is -2.06. The summed E-state index contributed by atoms with van der Waals surface area (Å²) in [6, 6.07) is 7.69. The van der Waals surface area contributed by atoms with Crippen LogP contribution < -0.4 is 4.74 Å². The fourth-order valence-corrected chi connectivity index (χ4v) is 2.66. The van der Waals surface area contributed by atoms with Gasteiger partial charge in [0, 0.05) is 11.8 Å². The maximum atomic E-state index is 11.9. The molecule has 0 spiro atoms. The zero-order valence-corrected chi connectivity index (χ0v) is 13.8. The highest BCUT2D eigenvalue weighted by molar-refractivity contribution is 8.26. The summed E-state index contributed by atoms with van der Waals surface area (Å²) in [5, 5.41) is 0.337. The van der Waals surface area contributed by atoms with Crippen LogP contribution in [0.15, 0.2) is 35.0 Å². The Morgan fingerprint density at radius 3 is 2.86 bits per heavy atom. The fraction of sp³-hybridized carbons (Fsp3) is 0.412. The van der Waals surface area contributed by atoms with Crippen molar-refractivity contribution >= 4 is 28.2 Å². The van der Waals surface area contributed by atoms with Crippen LogP contribution in [0.5, 0.6) is 5.75 Å². The van der Waals surface area contributed by atoms with Crippen molar-refractivity contribution in [1.82, 2.24) is 0 Å². The summed E-state index contributed by atoms with van der Waals surface area (Å²) in [6.45, 7) is 5.26. The van der Waals surface area contributed by atoms with Gasteiger partial charge >= 0.3 is 0 Å². The third kappa shape index (κ3) is 4.91. The molecule has 0 atom stereocenters. The van der Waals surface area contributed by atoms with E-state index < -0.39 is 0 Å². The monoisotopic (exact) mass is 319 g/mol. The molecule has 1 aromatic rings. The number of benzene rings is 1. The smallest absolute Gasteiger partial charge is 0.259 e. The highest BCUT2D eigenvalue weighted by Crippen LogP contribution is 2.26. The molecule has 1 aromatic carbocycles. The molecule has 0 N–H and O–H groups in total. The lowest BCUT2D eigenvalue weighted by atomic mass is 10.2. The number of hydrogen-bond donors (Lipinski definition) is 0. The Morgan fingerprint density at radius 1 is 1.23 bits per heavy atom. The predicted octanol–water partition coefficient (Wildman–Crippen LogP) is 4.26. The van der Waals surface area contributed by atoms with Crippen LogP contribution in [0.4, 0.5) is 0 Å². The summed E-state index contributed by atoms with van der Waals surface area (Å²) in [6.07, 6.45) is 5.17. The van der Waals surface area contributed by atoms with Gasteiger partial charge in [0.1, 0.15) is 11.4 Å². The number of carbonyl (C=O) groups excluding carboxylic acids is 1. The summed E-state index contributed by atoms with van der Waals surface area (Å²) in [7, 11) is 0. The summed E-state index contributed by atoms with van der Waals surface area (Å²) < 4.78 is 11.0. The number of hydrogen-bond acceptors (Lipinski definition) is 5. The summed E-state index contributed by atoms with van der Waals surface area (Å²) in [4.78, 5) is 16.1. The Hall–Kier alpha value is -1.75. The maximum absolute atomic E-state index is 11.9. The second-order valence-corrected chi connectivity index (χ2v) is 5.78. The van der Waals surface area contributed by atoms with Crippen LogP contribution in [0, 0.1) is 0 Å². The summed E-state index contributed by atoms with van der Waals surface area (Å²) in [5.41, 5.74) is 1.31. The number of thioether (sulfide) groups is 1. The fourth-order valence-electron chi connectivity index (χ4n) is 1.97. The van der Waals surface area contributed by atoms with Crippen molar-refractivity contribution in [2.75, 3.05) is 13.2 Å². The van der Waals surface area contributed by atoms with E-state index in [0.717, 1.165) is 36.1 Å². The van der Waals surface area contributed by atoms with E-state index in [-0.39, 0.29) is 5.12 Å². The van der Waals surface area contributed by atoms with Crippen molar-refractivity contribution < 1.29 is 14.3 Å². The minimum atomic E-state index is -0.0854. The van der Waals surface area contributed by atoms with Gasteiger partial charge < -0.3 is 9.47 Å². The first-order valence-corrected chi connectivity index (χ1v) is 8.42. The van der Waals surface area contributed by atoms with Gasteiger partial charge in [0.25, 0.3) is 5.23 Å². The maximum Gasteiger partial charge on any atom is 0.259 e. The standard InChI is InChI=1S/C17H21NO3S/c1-3-5-6-10-21-14-9-7-8-13(11-14)12-15-16(19)22-17(18-15)20-4-2/h7-9,11-12H,3-6,10H2,1-2H3. The van der Waals surface area contributed by atoms with Gasteiger partial charge in [-0.3, -0.25) is 4.79 Å². The van der Waals surface area contributed by atoms with Gasteiger partial charge in [-0.05, 0) is 37.1 Å². The topological polar surface area (TPSA) is 47.9 Å². The first-order valence-electron chi connectivity index (χ1n) is 7.61. The molecular weight excluding hydrogens is 298 g/mol. The third-order valence-corrected chi connectivity index (χ3v) is 3.83. The van der Waals surface area contributed by atoms with E-state index in [1.807, 2.05) is 31.2 Å². The number of nitrogens with zero attached hydrogens (tertiary/aromatic N) is 1. The molecule has 1 heterocycles. The third-order valence-electron chi connectivity index (χ3n) is 3.05. The molecule has 22 heavy (non-hydrogen) atoms. The van der Waals surface area contributed by atoms with Crippen LogP contribution in [-0.4, -0.2) is 23.6 Å². The van der Waals surface area contributed by atoms with E-state index in [9.17, 15) is 4.79 Å². The van der Waals surface area contributed by atoms with Crippen molar-refractivity contribution in [3.8, 4) is 5.75 Å². The SMILES string of the molecule is CCCCCOc1cccc(C=C2N=C(OCC)SC2=O)c1. The van der Waals surface area contributed by atoms with Gasteiger partial charge in [-0.15, -0.1) is 0 Å². The number of ether oxygens (including phenoxy) is 2. The van der Waals surface area contributed by atoms with Crippen molar-refractivity contribution in [3.63, 3.8) is 0 Å². The Kier molecular flexibility index (Phi) is 6.52. The number of rotatable bonds is 7. The molecule has 2 rings (SSSR count). The molecule has 0 radical (unpaired) electrons. The van der Waals surface area contributed by atoms with Gasteiger partial charge in [0.15, 0.2) is 0 Å². The molecular formula is C17H21NO3S. The number of carbonyl (C=O) groups is 1. The zero-order chi connectivity index (χ0) is 15.8. The van der Waals surface area contributed by atoms with Gasteiger partial charge in [-0.2, -0.15) is 0 Å². The molecule has 118 valence electrons. The molecule has 5 heteroatoms. The minimum Gasteiger partial charge on any atom is -0.494 e. The first kappa shape index (κ1) is 16.6. The molecule has 0 unspecified atom stereocenters. The van der Waals surface area contributed by atoms with Crippen molar-refractivity contribution in [1.29, 1.82) is 0 Å². The predicted molar refractivity (Wildman–Crippen MR) is 91.1 cm³/mol. The average Bonchev–Trinajstić information content (AvgIpc) is 2.84. The van der Waals surface area contributed by atoms with E-state index in [4.69, 9.17) is 9.47 Å². The van der Waals surface area contributed by atoms with E-state index in [0.29, 0.717) is 17.5 Å². The Morgan fingerprint density at radius 2 is 2.09 bits per heavy atom. The average molecular weight is 319 g/mol. The lowest BCUT2D eigenvalue weighted by Crippen LogP contribution is -1.97. The van der Waals surface area contributed by atoms with Crippen LogP contribution in [0.25, 0.3) is 6.08 Å². The van der Waals surface area contributed by atoms with Gasteiger partial charge in [0.2, 0.25) is 5.12 Å². The molecule has 0 aliphatic carbocycles. The van der Waals surface area contributed by atoms with Crippen LogP contribution >= 0.6 is 11.8 Å². The molecule has 0 bridgehead atoms. The molecule has 0 aromatic heterocycles. The molecule has 1 aliphatic heterocycles. The second-order valence-electron chi connectivity index (χ2n) is 4.86. The summed E-state index contributed by atoms with van der Waals surface area (Å²) in [5.74, 6) is 0.817. The van der Waals surface area contributed by atoms with Crippen LogP contribution in [0.3, 0.4) is 0 Å². The van der Waals surface area contributed by atoms with Crippen LogP contribution in [0.2, 0.25) is 0 Å². The van der Waals surface area contributed by atoms with E-state index >= 15 is 0 Å². The highest BCUT2D eigenvalue weighted by atomic mass is 32.2. The molecule has 0 saturated carbocycles. The largest absolute Gasteiger partial charge is 0.494 e. The quantitative estimate of drug-likeness (QED) is 0.556. The van der Waals surface area contributed by atoms with E-state index in [1.54, 1.807) is 6.08 Å². The molecule has 0 amide bonds. The lowest BCUT2D eigenvalue weighted by molar-refractivity contribution is -0.107. The molecule has 0 fully saturated rings. The first-order chi connectivity index (χ1) is 10.7. The second kappa shape index (κ2) is 8.63. The van der Waals surface area contributed by atoms with Gasteiger partial charge in [-0.1, -0.05) is 31.9 Å². The highest BCUT2D eigenvalue weighted by Gasteiger charge is 2.23. The summed E-state index contributed by atoms with van der Waals surface area (Å²) >= 11 is 1.03. The minimum absolute atomic E-state index is 0.0854. The molecule has 1 aliphatic rings. The van der Waals surface area contributed by atoms with Crippen LogP contribution in [0.1, 0.15) is 38.7 Å². The van der Waals surface area contributed by atoms with E-state index in [2.05, 4.69) is 11.9 Å². The zero-order valence-electron chi connectivity index (χ0n) is 13.0. The van der Waals surface area contributed by atoms with E-state index in [1.165, 1.54) is 12.8 Å². The van der Waals surface area contributed by atoms with Gasteiger partial charge in [-0.25, -0.2) is 4.99 Å². The van der Waals surface area contributed by atoms with Crippen molar-refractivity contribution in [2.45, 2.75) is 33.1 Å². The van der Waals surface area contributed by atoms with Gasteiger partial charge in [0.05, 0.1) is 13.2 Å². The Balaban J connectivity index is 2.03. The van der Waals surface area contributed by atoms with Crippen molar-refractivity contribution in [3.05, 3.63) is 35.5 Å².